The summed E-state index contributed by atoms with van der Waals surface area (Å²) in [6.45, 7) is 4.26. The fraction of sp³-hybridized carbons (Fsp3) is 0.357. The number of nitrogens with zero attached hydrogens (tertiary/aromatic N) is 1. The minimum atomic E-state index is 0.362. The molecule has 0 unspecified atom stereocenters. The van der Waals surface area contributed by atoms with E-state index in [1.165, 1.54) is 0 Å². The normalized spacial score (nSPS) is 10.9. The van der Waals surface area contributed by atoms with E-state index in [1.54, 1.807) is 14.2 Å². The van der Waals surface area contributed by atoms with E-state index >= 15 is 0 Å². The number of ether oxygens (including phenoxy) is 2. The first-order valence-electron chi connectivity index (χ1n) is 5.68. The van der Waals surface area contributed by atoms with E-state index < -0.39 is 0 Å². The molecule has 17 heavy (non-hydrogen) atoms. The molecule has 0 aliphatic carbocycles. The van der Waals surface area contributed by atoms with Crippen molar-refractivity contribution < 1.29 is 9.47 Å². The smallest absolute Gasteiger partial charge is 0.213 e. The maximum atomic E-state index is 5.23. The van der Waals surface area contributed by atoms with Crippen LogP contribution in [0.4, 0.5) is 0 Å². The van der Waals surface area contributed by atoms with Crippen molar-refractivity contribution in [3.05, 3.63) is 30.0 Å². The molecule has 1 aromatic heterocycles. The fourth-order valence-electron chi connectivity index (χ4n) is 1.91. The molecule has 1 heterocycles. The van der Waals surface area contributed by atoms with Gasteiger partial charge in [-0.3, -0.25) is 0 Å². The Balaban J connectivity index is 2.71. The maximum absolute atomic E-state index is 5.23. The lowest BCUT2D eigenvalue weighted by molar-refractivity contribution is 0.396. The maximum Gasteiger partial charge on any atom is 0.213 e. The molecule has 90 valence electrons. The number of benzene rings is 1. The number of hydrogen-bond donors (Lipinski definition) is 0. The van der Waals surface area contributed by atoms with Crippen molar-refractivity contribution in [2.45, 2.75) is 19.8 Å². The summed E-state index contributed by atoms with van der Waals surface area (Å²) in [4.78, 5) is 4.51. The van der Waals surface area contributed by atoms with Crippen LogP contribution >= 0.6 is 0 Å². The number of rotatable bonds is 3. The second-order valence-corrected chi connectivity index (χ2v) is 4.29. The zero-order valence-corrected chi connectivity index (χ0v) is 10.7. The second kappa shape index (κ2) is 4.62. The second-order valence-electron chi connectivity index (χ2n) is 4.29. The van der Waals surface area contributed by atoms with E-state index in [1.807, 2.05) is 18.2 Å². The van der Waals surface area contributed by atoms with Crippen LogP contribution in [0.3, 0.4) is 0 Å². The van der Waals surface area contributed by atoms with Gasteiger partial charge < -0.3 is 9.47 Å². The van der Waals surface area contributed by atoms with Gasteiger partial charge >= 0.3 is 0 Å². The lowest BCUT2D eigenvalue weighted by Crippen LogP contribution is -1.98. The van der Waals surface area contributed by atoms with Crippen molar-refractivity contribution in [3.8, 4) is 11.6 Å². The molecular formula is C14H17NO2. The van der Waals surface area contributed by atoms with Crippen LogP contribution in [0, 0.1) is 0 Å². The molecule has 0 amide bonds. The van der Waals surface area contributed by atoms with Gasteiger partial charge in [-0.25, -0.2) is 4.98 Å². The highest BCUT2D eigenvalue weighted by Gasteiger charge is 2.10. The van der Waals surface area contributed by atoms with E-state index in [0.717, 1.165) is 22.2 Å². The van der Waals surface area contributed by atoms with Crippen LogP contribution in [0.5, 0.6) is 11.6 Å². The minimum absolute atomic E-state index is 0.362. The van der Waals surface area contributed by atoms with Gasteiger partial charge in [0.15, 0.2) is 0 Å². The Morgan fingerprint density at radius 1 is 1.06 bits per heavy atom. The molecule has 0 aliphatic heterocycles. The van der Waals surface area contributed by atoms with Crippen LogP contribution in [-0.2, 0) is 0 Å². The lowest BCUT2D eigenvalue weighted by Gasteiger charge is -2.12. The quantitative estimate of drug-likeness (QED) is 0.811. The summed E-state index contributed by atoms with van der Waals surface area (Å²) in [5.74, 6) is 1.86. The van der Waals surface area contributed by atoms with Gasteiger partial charge in [0.1, 0.15) is 5.75 Å². The van der Waals surface area contributed by atoms with Gasteiger partial charge in [0, 0.05) is 11.5 Å². The largest absolute Gasteiger partial charge is 0.497 e. The van der Waals surface area contributed by atoms with E-state index in [-0.39, 0.29) is 0 Å². The molecule has 0 spiro atoms. The van der Waals surface area contributed by atoms with Gasteiger partial charge in [-0.2, -0.15) is 0 Å². The zero-order chi connectivity index (χ0) is 12.4. The van der Waals surface area contributed by atoms with Crippen molar-refractivity contribution >= 4 is 10.8 Å². The number of methoxy groups -OCH3 is 2. The zero-order valence-electron chi connectivity index (χ0n) is 10.7. The van der Waals surface area contributed by atoms with Gasteiger partial charge in [0.05, 0.1) is 19.9 Å². The molecule has 0 saturated heterocycles. The van der Waals surface area contributed by atoms with Crippen molar-refractivity contribution in [2.75, 3.05) is 14.2 Å². The van der Waals surface area contributed by atoms with Crippen molar-refractivity contribution in [1.29, 1.82) is 0 Å². The molecule has 2 rings (SSSR count). The van der Waals surface area contributed by atoms with Crippen LogP contribution < -0.4 is 9.47 Å². The first-order chi connectivity index (χ1) is 8.15. The van der Waals surface area contributed by atoms with Gasteiger partial charge in [-0.05, 0) is 29.5 Å². The van der Waals surface area contributed by atoms with Gasteiger partial charge in [-0.1, -0.05) is 13.8 Å². The summed E-state index contributed by atoms with van der Waals surface area (Å²) in [6, 6.07) is 7.95. The lowest BCUT2D eigenvalue weighted by atomic mass is 10.0. The summed E-state index contributed by atoms with van der Waals surface area (Å²) >= 11 is 0. The van der Waals surface area contributed by atoms with Gasteiger partial charge in [0.2, 0.25) is 5.88 Å². The Morgan fingerprint density at radius 2 is 1.82 bits per heavy atom. The third-order valence-corrected chi connectivity index (χ3v) is 2.80. The number of aromatic nitrogens is 1. The average molecular weight is 231 g/mol. The highest BCUT2D eigenvalue weighted by Crippen LogP contribution is 2.29. The number of fused-ring (bicyclic) bond motifs is 1. The molecule has 3 nitrogen and oxygen atoms in total. The Kier molecular flexibility index (Phi) is 3.18. The van der Waals surface area contributed by atoms with Gasteiger partial charge in [-0.15, -0.1) is 0 Å². The topological polar surface area (TPSA) is 31.4 Å². The molecule has 3 heteroatoms. The Hall–Kier alpha value is -1.77. The van der Waals surface area contributed by atoms with Crippen LogP contribution in [-0.4, -0.2) is 19.2 Å². The molecule has 1 aromatic carbocycles. The van der Waals surface area contributed by atoms with E-state index in [4.69, 9.17) is 9.47 Å². The third kappa shape index (κ3) is 2.18. The average Bonchev–Trinajstić information content (AvgIpc) is 2.36. The summed E-state index contributed by atoms with van der Waals surface area (Å²) in [7, 11) is 3.31. The van der Waals surface area contributed by atoms with Crippen molar-refractivity contribution in [2.24, 2.45) is 0 Å². The van der Waals surface area contributed by atoms with Crippen molar-refractivity contribution in [1.82, 2.24) is 4.98 Å². The molecule has 0 bridgehead atoms. The molecule has 0 saturated carbocycles. The van der Waals surface area contributed by atoms with Crippen LogP contribution in [0.25, 0.3) is 10.8 Å². The Labute approximate surface area is 101 Å². The molecule has 0 atom stereocenters. The standard InChI is InChI=1S/C14H17NO2/c1-9(2)14-12-6-5-11(16-3)7-10(12)8-13(15-14)17-4/h5-9H,1-4H3. The summed E-state index contributed by atoms with van der Waals surface area (Å²) in [5.41, 5.74) is 1.06. The molecule has 2 aromatic rings. The highest BCUT2D eigenvalue weighted by molar-refractivity contribution is 5.87. The monoisotopic (exact) mass is 231 g/mol. The first kappa shape index (κ1) is 11.7. The molecular weight excluding hydrogens is 214 g/mol. The molecule has 0 aliphatic rings. The predicted molar refractivity (Wildman–Crippen MR) is 68.9 cm³/mol. The highest BCUT2D eigenvalue weighted by atomic mass is 16.5. The van der Waals surface area contributed by atoms with Crippen LogP contribution in [0.15, 0.2) is 24.3 Å². The van der Waals surface area contributed by atoms with E-state index in [9.17, 15) is 0 Å². The van der Waals surface area contributed by atoms with Crippen LogP contribution in [0.2, 0.25) is 0 Å². The molecule has 0 N–H and O–H groups in total. The summed E-state index contributed by atoms with van der Waals surface area (Å²) < 4.78 is 10.5. The summed E-state index contributed by atoms with van der Waals surface area (Å²) in [5, 5.41) is 2.25. The van der Waals surface area contributed by atoms with Crippen molar-refractivity contribution in [3.63, 3.8) is 0 Å². The third-order valence-electron chi connectivity index (χ3n) is 2.80. The number of pyridine rings is 1. The predicted octanol–water partition coefficient (Wildman–Crippen LogP) is 3.38. The molecule has 0 fully saturated rings. The number of hydrogen-bond acceptors (Lipinski definition) is 3. The van der Waals surface area contributed by atoms with Crippen LogP contribution in [0.1, 0.15) is 25.5 Å². The fourth-order valence-corrected chi connectivity index (χ4v) is 1.91. The molecule has 0 radical (unpaired) electrons. The van der Waals surface area contributed by atoms with Gasteiger partial charge in [0.25, 0.3) is 0 Å². The minimum Gasteiger partial charge on any atom is -0.497 e. The Bertz CT molecular complexity index is 530. The first-order valence-corrected chi connectivity index (χ1v) is 5.68. The Morgan fingerprint density at radius 3 is 2.41 bits per heavy atom. The SMILES string of the molecule is COc1ccc2c(C(C)C)nc(OC)cc2c1. The van der Waals surface area contributed by atoms with E-state index in [0.29, 0.717) is 11.8 Å². The summed E-state index contributed by atoms with van der Waals surface area (Å²) in [6.07, 6.45) is 0. The van der Waals surface area contributed by atoms with E-state index in [2.05, 4.69) is 24.9 Å².